The van der Waals surface area contributed by atoms with E-state index in [-0.39, 0.29) is 5.78 Å². The molecule has 3 nitrogen and oxygen atoms in total. The highest BCUT2D eigenvalue weighted by atomic mass is 79.9. The number of hydrogen-bond acceptors (Lipinski definition) is 3. The molecule has 0 spiro atoms. The Morgan fingerprint density at radius 2 is 2.38 bits per heavy atom. The smallest absolute Gasteiger partial charge is 0.152 e. The molecule has 1 aromatic heterocycles. The van der Waals surface area contributed by atoms with Crippen molar-refractivity contribution in [1.29, 1.82) is 0 Å². The maximum atomic E-state index is 11.2. The van der Waals surface area contributed by atoms with E-state index in [1.165, 1.54) is 0 Å². The summed E-state index contributed by atoms with van der Waals surface area (Å²) in [4.78, 5) is 15.3. The Kier molecular flexibility index (Phi) is 4.05. The molecule has 0 aromatic carbocycles. The first kappa shape index (κ1) is 10.3. The molecule has 0 aliphatic rings. The van der Waals surface area contributed by atoms with Gasteiger partial charge in [0.25, 0.3) is 0 Å². The van der Waals surface area contributed by atoms with Gasteiger partial charge in [-0.15, -0.1) is 0 Å². The van der Waals surface area contributed by atoms with Crippen molar-refractivity contribution in [3.05, 3.63) is 28.5 Å². The van der Waals surface area contributed by atoms with E-state index in [0.29, 0.717) is 13.0 Å². The van der Waals surface area contributed by atoms with Crippen molar-refractivity contribution < 1.29 is 4.79 Å². The fraction of sp³-hybridized carbons (Fsp3) is 0.333. The van der Waals surface area contributed by atoms with Gasteiger partial charge in [-0.05, 0) is 35.1 Å². The van der Waals surface area contributed by atoms with E-state index in [1.54, 1.807) is 13.2 Å². The van der Waals surface area contributed by atoms with Gasteiger partial charge in [0.05, 0.1) is 13.0 Å². The Balaban J connectivity index is 2.54. The molecule has 0 unspecified atom stereocenters. The van der Waals surface area contributed by atoms with E-state index >= 15 is 0 Å². The van der Waals surface area contributed by atoms with Crippen LogP contribution in [0.4, 0.5) is 0 Å². The van der Waals surface area contributed by atoms with Gasteiger partial charge in [-0.2, -0.15) is 0 Å². The second-order valence-corrected chi connectivity index (χ2v) is 3.63. The van der Waals surface area contributed by atoms with E-state index in [0.717, 1.165) is 10.2 Å². The summed E-state index contributed by atoms with van der Waals surface area (Å²) in [5.74, 6) is 0.150. The zero-order valence-electron chi connectivity index (χ0n) is 7.38. The molecular weight excluding hydrogens is 232 g/mol. The largest absolute Gasteiger partial charge is 0.313 e. The molecule has 0 saturated carbocycles. The summed E-state index contributed by atoms with van der Waals surface area (Å²) in [6, 6.07) is 3.73. The molecule has 4 heteroatoms. The quantitative estimate of drug-likeness (QED) is 0.863. The number of hydrogen-bond donors (Lipinski definition) is 1. The van der Waals surface area contributed by atoms with Gasteiger partial charge in [0, 0.05) is 16.4 Å². The predicted molar refractivity (Wildman–Crippen MR) is 54.6 cm³/mol. The lowest BCUT2D eigenvalue weighted by molar-refractivity contribution is -0.117. The molecule has 0 bridgehead atoms. The van der Waals surface area contributed by atoms with E-state index in [4.69, 9.17) is 0 Å². The van der Waals surface area contributed by atoms with E-state index < -0.39 is 0 Å². The SMILES string of the molecule is CNCC(=O)Cc1ccc(Br)cn1. The Bertz CT molecular complexity index is 284. The van der Waals surface area contributed by atoms with Gasteiger partial charge >= 0.3 is 0 Å². The first-order valence-electron chi connectivity index (χ1n) is 3.99. The fourth-order valence-electron chi connectivity index (χ4n) is 0.973. The summed E-state index contributed by atoms with van der Waals surface area (Å²) < 4.78 is 0.928. The minimum Gasteiger partial charge on any atom is -0.313 e. The van der Waals surface area contributed by atoms with Crippen LogP contribution in [0.5, 0.6) is 0 Å². The van der Waals surface area contributed by atoms with Crippen LogP contribution in [0.15, 0.2) is 22.8 Å². The topological polar surface area (TPSA) is 42.0 Å². The van der Waals surface area contributed by atoms with Crippen molar-refractivity contribution in [2.45, 2.75) is 6.42 Å². The van der Waals surface area contributed by atoms with Crippen molar-refractivity contribution in [1.82, 2.24) is 10.3 Å². The lowest BCUT2D eigenvalue weighted by Gasteiger charge is -1.99. The summed E-state index contributed by atoms with van der Waals surface area (Å²) in [7, 11) is 1.76. The number of aromatic nitrogens is 1. The number of rotatable bonds is 4. The first-order valence-corrected chi connectivity index (χ1v) is 4.78. The monoisotopic (exact) mass is 242 g/mol. The van der Waals surface area contributed by atoms with Crippen molar-refractivity contribution in [3.8, 4) is 0 Å². The van der Waals surface area contributed by atoms with Crippen molar-refractivity contribution in [2.24, 2.45) is 0 Å². The zero-order chi connectivity index (χ0) is 9.68. The summed E-state index contributed by atoms with van der Waals surface area (Å²) in [6.07, 6.45) is 2.09. The lowest BCUT2D eigenvalue weighted by atomic mass is 10.2. The van der Waals surface area contributed by atoms with Gasteiger partial charge in [-0.25, -0.2) is 0 Å². The van der Waals surface area contributed by atoms with Gasteiger partial charge in [0.1, 0.15) is 0 Å². The number of carbonyl (C=O) groups excluding carboxylic acids is 1. The maximum Gasteiger partial charge on any atom is 0.152 e. The second-order valence-electron chi connectivity index (χ2n) is 2.71. The van der Waals surface area contributed by atoms with Crippen LogP contribution in [0.3, 0.4) is 0 Å². The van der Waals surface area contributed by atoms with Crippen LogP contribution >= 0.6 is 15.9 Å². The van der Waals surface area contributed by atoms with Crippen LogP contribution in [0.25, 0.3) is 0 Å². The molecule has 0 saturated heterocycles. The third-order valence-electron chi connectivity index (χ3n) is 1.54. The summed E-state index contributed by atoms with van der Waals surface area (Å²) >= 11 is 3.28. The molecule has 1 aromatic rings. The Morgan fingerprint density at radius 1 is 1.62 bits per heavy atom. The molecule has 0 fully saturated rings. The highest BCUT2D eigenvalue weighted by Crippen LogP contribution is 2.07. The van der Waals surface area contributed by atoms with Crippen LogP contribution < -0.4 is 5.32 Å². The number of halogens is 1. The first-order chi connectivity index (χ1) is 6.22. The van der Waals surface area contributed by atoms with E-state index in [2.05, 4.69) is 26.2 Å². The average Bonchev–Trinajstić information content (AvgIpc) is 2.09. The second kappa shape index (κ2) is 5.09. The van der Waals surface area contributed by atoms with Gasteiger partial charge in [0.15, 0.2) is 5.78 Å². The number of ketones is 1. The fourth-order valence-corrected chi connectivity index (χ4v) is 1.21. The highest BCUT2D eigenvalue weighted by Gasteiger charge is 2.02. The minimum atomic E-state index is 0.150. The zero-order valence-corrected chi connectivity index (χ0v) is 8.97. The molecule has 1 heterocycles. The van der Waals surface area contributed by atoms with E-state index in [9.17, 15) is 4.79 Å². The molecule has 0 atom stereocenters. The van der Waals surface area contributed by atoms with Crippen molar-refractivity contribution in [3.63, 3.8) is 0 Å². The normalized spacial score (nSPS) is 10.0. The lowest BCUT2D eigenvalue weighted by Crippen LogP contribution is -2.20. The molecular formula is C9H11BrN2O. The van der Waals surface area contributed by atoms with Crippen LogP contribution in [-0.4, -0.2) is 24.4 Å². The standard InChI is InChI=1S/C9H11BrN2O/c1-11-6-9(13)4-8-3-2-7(10)5-12-8/h2-3,5,11H,4,6H2,1H3. The van der Waals surface area contributed by atoms with Gasteiger partial charge in [0.2, 0.25) is 0 Å². The number of carbonyl (C=O) groups is 1. The molecule has 70 valence electrons. The van der Waals surface area contributed by atoms with Crippen molar-refractivity contribution >= 4 is 21.7 Å². The number of nitrogens with one attached hydrogen (secondary N) is 1. The maximum absolute atomic E-state index is 11.2. The van der Waals surface area contributed by atoms with Gasteiger partial charge < -0.3 is 5.32 Å². The number of nitrogens with zero attached hydrogens (tertiary/aromatic N) is 1. The number of Topliss-reactive ketones (excluding diaryl/α,β-unsaturated/α-hetero) is 1. The average molecular weight is 243 g/mol. The third kappa shape index (κ3) is 3.65. The molecule has 0 aliphatic carbocycles. The van der Waals surface area contributed by atoms with Crippen LogP contribution in [0.1, 0.15) is 5.69 Å². The van der Waals surface area contributed by atoms with E-state index in [1.807, 2.05) is 12.1 Å². The van der Waals surface area contributed by atoms with Crippen molar-refractivity contribution in [2.75, 3.05) is 13.6 Å². The van der Waals surface area contributed by atoms with Crippen LogP contribution in [0.2, 0.25) is 0 Å². The Labute approximate surface area is 85.7 Å². The highest BCUT2D eigenvalue weighted by molar-refractivity contribution is 9.10. The molecule has 0 aliphatic heterocycles. The molecule has 13 heavy (non-hydrogen) atoms. The molecule has 0 amide bonds. The minimum absolute atomic E-state index is 0.150. The number of likely N-dealkylation sites (N-methyl/N-ethyl adjacent to an activating group) is 1. The summed E-state index contributed by atoms with van der Waals surface area (Å²) in [6.45, 7) is 0.401. The Morgan fingerprint density at radius 3 is 2.92 bits per heavy atom. The summed E-state index contributed by atoms with van der Waals surface area (Å²) in [5, 5.41) is 2.81. The van der Waals surface area contributed by atoms with Crippen LogP contribution in [0, 0.1) is 0 Å². The number of pyridine rings is 1. The van der Waals surface area contributed by atoms with Gasteiger partial charge in [-0.3, -0.25) is 9.78 Å². The predicted octanol–water partition coefficient (Wildman–Crippen LogP) is 1.18. The summed E-state index contributed by atoms with van der Waals surface area (Å²) in [5.41, 5.74) is 0.809. The molecule has 1 rings (SSSR count). The molecule has 1 N–H and O–H groups in total. The van der Waals surface area contributed by atoms with Gasteiger partial charge in [-0.1, -0.05) is 0 Å². The third-order valence-corrected chi connectivity index (χ3v) is 2.01. The van der Waals surface area contributed by atoms with Crippen LogP contribution in [-0.2, 0) is 11.2 Å². The Hall–Kier alpha value is -0.740. The molecule has 0 radical (unpaired) electrons.